The van der Waals surface area contributed by atoms with Gasteiger partial charge in [-0.05, 0) is 18.2 Å². The first kappa shape index (κ1) is 14.0. The van der Waals surface area contributed by atoms with Gasteiger partial charge in [0.2, 0.25) is 0 Å². The number of methoxy groups -OCH3 is 1. The highest BCUT2D eigenvalue weighted by Gasteiger charge is 2.25. The van der Waals surface area contributed by atoms with Crippen molar-refractivity contribution < 1.29 is 24.2 Å². The van der Waals surface area contributed by atoms with Gasteiger partial charge in [-0.1, -0.05) is 19.9 Å². The molecule has 0 fully saturated rings. The van der Waals surface area contributed by atoms with Crippen LogP contribution in [0.3, 0.4) is 0 Å². The molecule has 1 N–H and O–H groups in total. The fraction of sp³-hybridized carbons (Fsp3) is 0.385. The first-order valence-corrected chi connectivity index (χ1v) is 5.53. The molecule has 18 heavy (non-hydrogen) atoms. The molecular formula is C13H16O5. The third-order valence-electron chi connectivity index (χ3n) is 2.38. The number of hydrogen-bond acceptors (Lipinski definition) is 4. The minimum absolute atomic E-state index is 0.0778. The Labute approximate surface area is 105 Å². The van der Waals surface area contributed by atoms with Gasteiger partial charge in [0, 0.05) is 5.92 Å². The van der Waals surface area contributed by atoms with Crippen LogP contribution < -0.4 is 4.74 Å². The van der Waals surface area contributed by atoms with Gasteiger partial charge in [-0.3, -0.25) is 0 Å². The van der Waals surface area contributed by atoms with E-state index in [1.54, 1.807) is 12.1 Å². The van der Waals surface area contributed by atoms with Crippen molar-refractivity contribution in [2.45, 2.75) is 20.0 Å². The Kier molecular flexibility index (Phi) is 4.71. The number of carboxylic acids is 1. The standard InChI is InChI=1S/C13H16O5/c1-8(2)11(13(16)17-3)18-10-6-4-5-9(7-10)12(14)15/h4-8,11H,1-3H3,(H,14,15). The smallest absolute Gasteiger partial charge is 0.347 e. The Morgan fingerprint density at radius 1 is 1.28 bits per heavy atom. The average Bonchev–Trinajstić information content (AvgIpc) is 2.35. The van der Waals surface area contributed by atoms with E-state index in [4.69, 9.17) is 9.84 Å². The summed E-state index contributed by atoms with van der Waals surface area (Å²) in [4.78, 5) is 22.3. The average molecular weight is 252 g/mol. The highest BCUT2D eigenvalue weighted by atomic mass is 16.6. The summed E-state index contributed by atoms with van der Waals surface area (Å²) in [5.74, 6) is -1.27. The monoisotopic (exact) mass is 252 g/mol. The molecule has 0 spiro atoms. The minimum Gasteiger partial charge on any atom is -0.478 e. The molecule has 1 aromatic carbocycles. The summed E-state index contributed by atoms with van der Waals surface area (Å²) in [5, 5.41) is 8.86. The molecule has 98 valence electrons. The third kappa shape index (κ3) is 3.48. The molecule has 0 aromatic heterocycles. The van der Waals surface area contributed by atoms with Gasteiger partial charge in [-0.25, -0.2) is 9.59 Å². The fourth-order valence-electron chi connectivity index (χ4n) is 1.42. The number of carbonyl (C=O) groups excluding carboxylic acids is 1. The molecule has 0 saturated carbocycles. The Morgan fingerprint density at radius 3 is 2.44 bits per heavy atom. The molecule has 0 radical (unpaired) electrons. The van der Waals surface area contributed by atoms with Gasteiger partial charge in [0.15, 0.2) is 6.10 Å². The molecule has 1 unspecified atom stereocenters. The molecular weight excluding hydrogens is 236 g/mol. The quantitative estimate of drug-likeness (QED) is 0.811. The predicted molar refractivity (Wildman–Crippen MR) is 64.7 cm³/mol. The van der Waals surface area contributed by atoms with Crippen molar-refractivity contribution in [3.05, 3.63) is 29.8 Å². The van der Waals surface area contributed by atoms with Crippen LogP contribution in [-0.4, -0.2) is 30.3 Å². The minimum atomic E-state index is -1.04. The van der Waals surface area contributed by atoms with E-state index in [0.717, 1.165) is 0 Å². The lowest BCUT2D eigenvalue weighted by atomic mass is 10.1. The van der Waals surface area contributed by atoms with E-state index in [1.165, 1.54) is 19.2 Å². The van der Waals surface area contributed by atoms with Crippen molar-refractivity contribution in [2.24, 2.45) is 5.92 Å². The van der Waals surface area contributed by atoms with Crippen molar-refractivity contribution in [1.29, 1.82) is 0 Å². The van der Waals surface area contributed by atoms with E-state index < -0.39 is 18.0 Å². The van der Waals surface area contributed by atoms with Gasteiger partial charge >= 0.3 is 11.9 Å². The molecule has 0 bridgehead atoms. The van der Waals surface area contributed by atoms with Crippen molar-refractivity contribution in [3.63, 3.8) is 0 Å². The zero-order valence-electron chi connectivity index (χ0n) is 10.5. The van der Waals surface area contributed by atoms with Crippen LogP contribution >= 0.6 is 0 Å². The molecule has 5 nitrogen and oxygen atoms in total. The molecule has 0 heterocycles. The van der Waals surface area contributed by atoms with E-state index in [1.807, 2.05) is 13.8 Å². The summed E-state index contributed by atoms with van der Waals surface area (Å²) in [7, 11) is 1.29. The normalized spacial score (nSPS) is 12.0. The Balaban J connectivity index is 2.90. The first-order valence-electron chi connectivity index (χ1n) is 5.53. The lowest BCUT2D eigenvalue weighted by Crippen LogP contribution is -2.33. The van der Waals surface area contributed by atoms with Gasteiger partial charge in [-0.15, -0.1) is 0 Å². The molecule has 0 aliphatic carbocycles. The predicted octanol–water partition coefficient (Wildman–Crippen LogP) is 1.96. The van der Waals surface area contributed by atoms with Gasteiger partial charge in [0.05, 0.1) is 12.7 Å². The van der Waals surface area contributed by atoms with Crippen molar-refractivity contribution >= 4 is 11.9 Å². The van der Waals surface area contributed by atoms with Gasteiger partial charge in [-0.2, -0.15) is 0 Å². The number of hydrogen-bond donors (Lipinski definition) is 1. The third-order valence-corrected chi connectivity index (χ3v) is 2.38. The largest absolute Gasteiger partial charge is 0.478 e. The van der Waals surface area contributed by atoms with E-state index in [0.29, 0.717) is 5.75 Å². The second kappa shape index (κ2) is 6.05. The zero-order chi connectivity index (χ0) is 13.7. The summed E-state index contributed by atoms with van der Waals surface area (Å²) in [5.41, 5.74) is 0.111. The SMILES string of the molecule is COC(=O)C(Oc1cccc(C(=O)O)c1)C(C)C. The number of ether oxygens (including phenoxy) is 2. The lowest BCUT2D eigenvalue weighted by Gasteiger charge is -2.20. The summed E-state index contributed by atoms with van der Waals surface area (Å²) in [6.45, 7) is 3.64. The van der Waals surface area contributed by atoms with Crippen LogP contribution in [0.25, 0.3) is 0 Å². The summed E-state index contributed by atoms with van der Waals surface area (Å²) < 4.78 is 10.1. The van der Waals surface area contributed by atoms with E-state index in [2.05, 4.69) is 4.74 Å². The van der Waals surface area contributed by atoms with Crippen LogP contribution in [0.1, 0.15) is 24.2 Å². The van der Waals surface area contributed by atoms with Crippen molar-refractivity contribution in [2.75, 3.05) is 7.11 Å². The summed E-state index contributed by atoms with van der Waals surface area (Å²) >= 11 is 0. The Hall–Kier alpha value is -2.04. The first-order chi connectivity index (χ1) is 8.45. The number of carboxylic acid groups (broad SMARTS) is 1. The zero-order valence-corrected chi connectivity index (χ0v) is 10.5. The summed E-state index contributed by atoms with van der Waals surface area (Å²) in [6.07, 6.45) is -0.751. The maximum Gasteiger partial charge on any atom is 0.347 e. The second-order valence-electron chi connectivity index (χ2n) is 4.14. The number of carbonyl (C=O) groups is 2. The second-order valence-corrected chi connectivity index (χ2v) is 4.14. The highest BCUT2D eigenvalue weighted by Crippen LogP contribution is 2.18. The fourth-order valence-corrected chi connectivity index (χ4v) is 1.42. The number of benzene rings is 1. The molecule has 0 aliphatic rings. The Morgan fingerprint density at radius 2 is 1.94 bits per heavy atom. The number of rotatable bonds is 5. The molecule has 1 atom stereocenters. The van der Waals surface area contributed by atoms with E-state index in [9.17, 15) is 9.59 Å². The number of aromatic carboxylic acids is 1. The van der Waals surface area contributed by atoms with Crippen LogP contribution in [-0.2, 0) is 9.53 Å². The molecule has 1 aromatic rings. The summed E-state index contributed by atoms with van der Waals surface area (Å²) in [6, 6.07) is 6.00. The van der Waals surface area contributed by atoms with Crippen LogP contribution in [0, 0.1) is 5.92 Å². The van der Waals surface area contributed by atoms with E-state index >= 15 is 0 Å². The van der Waals surface area contributed by atoms with Crippen molar-refractivity contribution in [1.82, 2.24) is 0 Å². The maximum atomic E-state index is 11.5. The van der Waals surface area contributed by atoms with Crippen LogP contribution in [0.2, 0.25) is 0 Å². The Bertz CT molecular complexity index is 439. The number of esters is 1. The highest BCUT2D eigenvalue weighted by molar-refractivity contribution is 5.88. The molecule has 5 heteroatoms. The van der Waals surface area contributed by atoms with Gasteiger partial charge in [0.25, 0.3) is 0 Å². The van der Waals surface area contributed by atoms with Gasteiger partial charge in [0.1, 0.15) is 5.75 Å². The molecule has 0 saturated heterocycles. The lowest BCUT2D eigenvalue weighted by molar-refractivity contribution is -0.150. The topological polar surface area (TPSA) is 72.8 Å². The van der Waals surface area contributed by atoms with Crippen LogP contribution in [0.4, 0.5) is 0 Å². The molecule has 0 aliphatic heterocycles. The van der Waals surface area contributed by atoms with Crippen LogP contribution in [0.5, 0.6) is 5.75 Å². The van der Waals surface area contributed by atoms with Gasteiger partial charge < -0.3 is 14.6 Å². The molecule has 0 amide bonds. The van der Waals surface area contributed by atoms with Crippen LogP contribution in [0.15, 0.2) is 24.3 Å². The van der Waals surface area contributed by atoms with E-state index in [-0.39, 0.29) is 11.5 Å². The maximum absolute atomic E-state index is 11.5. The van der Waals surface area contributed by atoms with Crippen molar-refractivity contribution in [3.8, 4) is 5.75 Å². The molecule has 1 rings (SSSR count).